The Labute approximate surface area is 216 Å². The topological polar surface area (TPSA) is 12.5 Å². The molecule has 0 amide bonds. The minimum atomic E-state index is -0.200. The van der Waals surface area contributed by atoms with Crippen LogP contribution in [0.3, 0.4) is 0 Å². The average Bonchev–Trinajstić information content (AvgIpc) is 3.44. The fourth-order valence-corrected chi connectivity index (χ4v) is 6.07. The fraction of sp³-hybridized carbons (Fsp3) is 0.303. The van der Waals surface area contributed by atoms with Crippen molar-refractivity contribution in [3.05, 3.63) is 125 Å². The molecule has 5 rings (SSSR count). The van der Waals surface area contributed by atoms with Gasteiger partial charge in [0.1, 0.15) is 12.4 Å². The molecule has 1 fully saturated rings. The molecule has 0 radical (unpaired) electrons. The Kier molecular flexibility index (Phi) is 7.52. The van der Waals surface area contributed by atoms with Crippen molar-refractivity contribution < 1.29 is 10.6 Å². The standard InChI is InChI=1S/C32H32FNO.CH4.H2/c1-5-22-16-17-34(32(22)29-19-23(33)18-21(4)24(29)6-2)31(7-3)35-20-30-27-14-10-8-12-25(27)26-13-9-11-15-28(26)30;;/h5,8-15,18-19,22,30,32H,1,3,6,16-17,20H2,2,4H3;1H4;1H/t22-,32+;;/m1../s1. The van der Waals surface area contributed by atoms with Gasteiger partial charge < -0.3 is 9.64 Å². The molecular weight excluding hydrogens is 445 g/mol. The third kappa shape index (κ3) is 4.29. The molecule has 3 aromatic carbocycles. The maximum absolute atomic E-state index is 14.6. The quantitative estimate of drug-likeness (QED) is 0.189. The van der Waals surface area contributed by atoms with Crippen molar-refractivity contribution in [2.75, 3.05) is 13.2 Å². The number of hydrogen-bond donors (Lipinski definition) is 0. The normalized spacial score (nSPS) is 18.1. The van der Waals surface area contributed by atoms with E-state index in [0.29, 0.717) is 12.5 Å². The predicted molar refractivity (Wildman–Crippen MR) is 149 cm³/mol. The highest BCUT2D eigenvalue weighted by molar-refractivity contribution is 5.78. The Morgan fingerprint density at radius 2 is 1.75 bits per heavy atom. The molecule has 3 heteroatoms. The van der Waals surface area contributed by atoms with E-state index >= 15 is 0 Å². The highest BCUT2D eigenvalue weighted by atomic mass is 19.1. The summed E-state index contributed by atoms with van der Waals surface area (Å²) in [5.41, 5.74) is 11.4. The van der Waals surface area contributed by atoms with Gasteiger partial charge in [-0.1, -0.05) is 81.3 Å². The molecule has 1 saturated heterocycles. The summed E-state index contributed by atoms with van der Waals surface area (Å²) in [5, 5.41) is 0. The Morgan fingerprint density at radius 1 is 1.11 bits per heavy atom. The lowest BCUT2D eigenvalue weighted by molar-refractivity contribution is 0.0972. The summed E-state index contributed by atoms with van der Waals surface area (Å²) < 4.78 is 21.1. The largest absolute Gasteiger partial charge is 0.472 e. The van der Waals surface area contributed by atoms with Gasteiger partial charge in [-0.3, -0.25) is 0 Å². The first-order chi connectivity index (χ1) is 17.1. The first-order valence-corrected chi connectivity index (χ1v) is 12.5. The van der Waals surface area contributed by atoms with Crippen molar-refractivity contribution >= 4 is 0 Å². The molecule has 0 spiro atoms. The van der Waals surface area contributed by atoms with Crippen LogP contribution in [0.1, 0.15) is 62.0 Å². The molecule has 2 nitrogen and oxygen atoms in total. The van der Waals surface area contributed by atoms with E-state index in [-0.39, 0.29) is 32.5 Å². The summed E-state index contributed by atoms with van der Waals surface area (Å²) in [6.07, 6.45) is 3.77. The van der Waals surface area contributed by atoms with Gasteiger partial charge in [-0.25, -0.2) is 4.39 Å². The Morgan fingerprint density at radius 3 is 2.33 bits per heavy atom. The minimum Gasteiger partial charge on any atom is -0.472 e. The van der Waals surface area contributed by atoms with Gasteiger partial charge in [-0.05, 0) is 70.8 Å². The van der Waals surface area contributed by atoms with Crippen LogP contribution in [0.15, 0.2) is 91.5 Å². The highest BCUT2D eigenvalue weighted by Gasteiger charge is 2.38. The molecule has 0 unspecified atom stereocenters. The van der Waals surface area contributed by atoms with Crippen LogP contribution in [0.2, 0.25) is 0 Å². The maximum atomic E-state index is 14.6. The van der Waals surface area contributed by atoms with Crippen LogP contribution in [-0.2, 0) is 11.2 Å². The Hall–Kier alpha value is -3.55. The first-order valence-electron chi connectivity index (χ1n) is 12.5. The molecule has 36 heavy (non-hydrogen) atoms. The van der Waals surface area contributed by atoms with Gasteiger partial charge in [0.2, 0.25) is 5.88 Å². The van der Waals surface area contributed by atoms with Gasteiger partial charge in [0.05, 0.1) is 6.04 Å². The second kappa shape index (κ2) is 10.6. The molecule has 1 heterocycles. The van der Waals surface area contributed by atoms with Crippen LogP contribution in [0.4, 0.5) is 4.39 Å². The molecule has 188 valence electrons. The van der Waals surface area contributed by atoms with Gasteiger partial charge in [0, 0.05) is 19.8 Å². The molecule has 2 aliphatic rings. The molecule has 2 atom stereocenters. The summed E-state index contributed by atoms with van der Waals surface area (Å²) in [7, 11) is 0. The van der Waals surface area contributed by atoms with E-state index < -0.39 is 0 Å². The van der Waals surface area contributed by atoms with E-state index in [2.05, 4.69) is 79.2 Å². The zero-order valence-electron chi connectivity index (χ0n) is 20.6. The number of hydrogen-bond acceptors (Lipinski definition) is 2. The second-order valence-corrected chi connectivity index (χ2v) is 9.49. The minimum absolute atomic E-state index is 0. The van der Waals surface area contributed by atoms with Crippen molar-refractivity contribution in [2.45, 2.75) is 46.1 Å². The Bertz CT molecular complexity index is 1280. The molecule has 3 aromatic rings. The van der Waals surface area contributed by atoms with Crippen molar-refractivity contribution in [3.63, 3.8) is 0 Å². The van der Waals surface area contributed by atoms with Gasteiger partial charge in [-0.2, -0.15) is 0 Å². The molecule has 0 N–H and O–H groups in total. The average molecular weight is 484 g/mol. The van der Waals surface area contributed by atoms with E-state index in [1.54, 1.807) is 12.1 Å². The number of fused-ring (bicyclic) bond motifs is 3. The highest BCUT2D eigenvalue weighted by Crippen LogP contribution is 2.46. The summed E-state index contributed by atoms with van der Waals surface area (Å²) in [4.78, 5) is 2.21. The maximum Gasteiger partial charge on any atom is 0.235 e. The van der Waals surface area contributed by atoms with Crippen LogP contribution < -0.4 is 0 Å². The van der Waals surface area contributed by atoms with Gasteiger partial charge in [-0.15, -0.1) is 6.58 Å². The van der Waals surface area contributed by atoms with E-state index in [0.717, 1.165) is 30.5 Å². The third-order valence-electron chi connectivity index (χ3n) is 7.65. The van der Waals surface area contributed by atoms with Crippen LogP contribution in [-0.4, -0.2) is 18.1 Å². The summed E-state index contributed by atoms with van der Waals surface area (Å²) in [6, 6.07) is 20.4. The monoisotopic (exact) mass is 483 g/mol. The number of benzene rings is 3. The molecule has 0 saturated carbocycles. The van der Waals surface area contributed by atoms with Gasteiger partial charge in [0.15, 0.2) is 0 Å². The number of rotatable bonds is 7. The van der Waals surface area contributed by atoms with Gasteiger partial charge >= 0.3 is 0 Å². The number of halogens is 1. The van der Waals surface area contributed by atoms with Crippen molar-refractivity contribution in [3.8, 4) is 11.1 Å². The summed E-state index contributed by atoms with van der Waals surface area (Å²) >= 11 is 0. The summed E-state index contributed by atoms with van der Waals surface area (Å²) in [5.74, 6) is 0.768. The number of ether oxygens (including phenoxy) is 1. The lowest BCUT2D eigenvalue weighted by atomic mass is 9.87. The predicted octanol–water partition coefficient (Wildman–Crippen LogP) is 8.58. The van der Waals surface area contributed by atoms with Crippen LogP contribution in [0, 0.1) is 18.7 Å². The number of aryl methyl sites for hydroxylation is 1. The lowest BCUT2D eigenvalue weighted by Crippen LogP contribution is -2.28. The molecule has 0 bridgehead atoms. The first kappa shape index (κ1) is 25.5. The lowest BCUT2D eigenvalue weighted by Gasteiger charge is -2.32. The molecule has 1 aliphatic carbocycles. The zero-order chi connectivity index (χ0) is 24.5. The fourth-order valence-electron chi connectivity index (χ4n) is 6.07. The number of nitrogens with zero attached hydrogens (tertiary/aromatic N) is 1. The molecular formula is C33H38FNO. The second-order valence-electron chi connectivity index (χ2n) is 9.49. The van der Waals surface area contributed by atoms with Crippen LogP contribution in [0.5, 0.6) is 0 Å². The van der Waals surface area contributed by atoms with Crippen molar-refractivity contribution in [1.82, 2.24) is 4.90 Å². The van der Waals surface area contributed by atoms with E-state index in [1.807, 2.05) is 13.0 Å². The van der Waals surface area contributed by atoms with E-state index in [4.69, 9.17) is 4.74 Å². The van der Waals surface area contributed by atoms with E-state index in [9.17, 15) is 4.39 Å². The third-order valence-corrected chi connectivity index (χ3v) is 7.65. The SMILES string of the molecule is C.C=C=C(OCC1c2ccccc2-c2ccccc21)N1CC[C@@H](C=C)[C@H]1c1cc(F)cc(C)c1CC.[HH]. The Balaban J connectivity index is 0.00000190. The van der Waals surface area contributed by atoms with Crippen molar-refractivity contribution in [2.24, 2.45) is 5.92 Å². The van der Waals surface area contributed by atoms with E-state index in [1.165, 1.54) is 27.8 Å². The molecule has 1 aliphatic heterocycles. The van der Waals surface area contributed by atoms with Crippen molar-refractivity contribution in [1.29, 1.82) is 0 Å². The van der Waals surface area contributed by atoms with Crippen LogP contribution in [0.25, 0.3) is 11.1 Å². The molecule has 0 aromatic heterocycles. The van der Waals surface area contributed by atoms with Gasteiger partial charge in [0.25, 0.3) is 0 Å². The zero-order valence-corrected chi connectivity index (χ0v) is 20.6. The number of likely N-dealkylation sites (tertiary alicyclic amines) is 1. The smallest absolute Gasteiger partial charge is 0.235 e. The summed E-state index contributed by atoms with van der Waals surface area (Å²) in [6.45, 7) is 13.5. The van der Waals surface area contributed by atoms with Crippen LogP contribution >= 0.6 is 0 Å².